The minimum atomic E-state index is -3.75. The van der Waals surface area contributed by atoms with Gasteiger partial charge in [-0.15, -0.1) is 0 Å². The summed E-state index contributed by atoms with van der Waals surface area (Å²) in [6, 6.07) is 4.38. The molecule has 170 valence electrons. The Morgan fingerprint density at radius 2 is 1.87 bits per heavy atom. The highest BCUT2D eigenvalue weighted by atomic mass is 32.2. The summed E-state index contributed by atoms with van der Waals surface area (Å²) in [4.78, 5) is 28.4. The number of rotatable bonds is 7. The minimum Gasteiger partial charge on any atom is -0.360 e. The van der Waals surface area contributed by atoms with Crippen molar-refractivity contribution in [2.45, 2.75) is 31.5 Å². The van der Waals surface area contributed by atoms with E-state index >= 15 is 0 Å². The Labute approximate surface area is 181 Å². The summed E-state index contributed by atoms with van der Waals surface area (Å²) in [5, 5.41) is 2.72. The van der Waals surface area contributed by atoms with Gasteiger partial charge in [-0.1, -0.05) is 13.8 Å². The monoisotopic (exact) mass is 451 g/mol. The highest BCUT2D eigenvalue weighted by Gasteiger charge is 2.32. The number of sulfonamides is 1. The van der Waals surface area contributed by atoms with E-state index in [1.165, 1.54) is 36.9 Å². The summed E-state index contributed by atoms with van der Waals surface area (Å²) in [6.07, 6.45) is 1.65. The summed E-state index contributed by atoms with van der Waals surface area (Å²) in [6.45, 7) is 5.02. The van der Waals surface area contributed by atoms with Crippen LogP contribution in [0.15, 0.2) is 34.1 Å². The standard InChI is InChI=1S/C21H29N3O6S/c1-13-7-14(2)12-24(11-13)31(27,28)15-5-6-18-16(8-15)20(25)17(9-22-18)21(26)23-10-19(29-3)30-4/h5-6,8-9,13-14,19H,7,10-12H2,1-4H3,(H,22,25)(H,23,26)/t13-,14+. The Kier molecular flexibility index (Phi) is 7.15. The van der Waals surface area contributed by atoms with Gasteiger partial charge in [0, 0.05) is 44.4 Å². The number of ether oxygens (including phenoxy) is 2. The number of piperidine rings is 1. The number of hydrogen-bond donors (Lipinski definition) is 2. The highest BCUT2D eigenvalue weighted by Crippen LogP contribution is 2.27. The second-order valence-corrected chi connectivity index (χ2v) is 10.1. The number of fused-ring (bicyclic) bond motifs is 1. The van der Waals surface area contributed by atoms with Crippen LogP contribution in [0.2, 0.25) is 0 Å². The average Bonchev–Trinajstić information content (AvgIpc) is 2.73. The molecule has 1 aromatic heterocycles. The average molecular weight is 452 g/mol. The number of methoxy groups -OCH3 is 2. The Hall–Kier alpha value is -2.27. The lowest BCUT2D eigenvalue weighted by molar-refractivity contribution is -0.0974. The molecule has 2 atom stereocenters. The fourth-order valence-electron chi connectivity index (χ4n) is 4.01. The van der Waals surface area contributed by atoms with Crippen LogP contribution in [-0.2, 0) is 19.5 Å². The van der Waals surface area contributed by atoms with Crippen LogP contribution in [-0.4, -0.2) is 63.8 Å². The smallest absolute Gasteiger partial charge is 0.256 e. The molecule has 1 saturated heterocycles. The molecule has 1 aliphatic rings. The van der Waals surface area contributed by atoms with E-state index in [1.807, 2.05) is 13.8 Å². The molecule has 1 aliphatic heterocycles. The molecule has 2 N–H and O–H groups in total. The van der Waals surface area contributed by atoms with Crippen LogP contribution >= 0.6 is 0 Å². The Morgan fingerprint density at radius 3 is 2.48 bits per heavy atom. The third-order valence-corrected chi connectivity index (χ3v) is 7.35. The second kappa shape index (κ2) is 9.47. The first-order valence-electron chi connectivity index (χ1n) is 10.2. The molecule has 0 radical (unpaired) electrons. The summed E-state index contributed by atoms with van der Waals surface area (Å²) in [5.74, 6) is -0.0735. The van der Waals surface area contributed by atoms with Gasteiger partial charge >= 0.3 is 0 Å². The van der Waals surface area contributed by atoms with E-state index in [0.29, 0.717) is 18.6 Å². The Balaban J connectivity index is 1.93. The number of benzene rings is 1. The van der Waals surface area contributed by atoms with Gasteiger partial charge in [0.2, 0.25) is 15.5 Å². The van der Waals surface area contributed by atoms with Crippen molar-refractivity contribution in [2.24, 2.45) is 11.8 Å². The number of H-pyrrole nitrogens is 1. The molecular weight excluding hydrogens is 422 g/mol. The molecule has 0 aliphatic carbocycles. The van der Waals surface area contributed by atoms with E-state index in [1.54, 1.807) is 6.07 Å². The summed E-state index contributed by atoms with van der Waals surface area (Å²) < 4.78 is 37.9. The number of amides is 1. The zero-order chi connectivity index (χ0) is 22.8. The molecule has 1 aromatic carbocycles. The van der Waals surface area contributed by atoms with Gasteiger partial charge in [-0.25, -0.2) is 8.42 Å². The number of carbonyl (C=O) groups is 1. The number of pyridine rings is 1. The molecule has 2 aromatic rings. The molecule has 0 bridgehead atoms. The first-order chi connectivity index (χ1) is 14.7. The molecule has 2 heterocycles. The van der Waals surface area contributed by atoms with Gasteiger partial charge in [-0.2, -0.15) is 4.31 Å². The Bertz CT molecular complexity index is 1100. The van der Waals surface area contributed by atoms with E-state index in [-0.39, 0.29) is 34.2 Å². The molecule has 3 rings (SSSR count). The van der Waals surface area contributed by atoms with E-state index in [9.17, 15) is 18.0 Å². The zero-order valence-corrected chi connectivity index (χ0v) is 19.0. The summed E-state index contributed by atoms with van der Waals surface area (Å²) in [5.41, 5.74) is -0.212. The van der Waals surface area contributed by atoms with Crippen LogP contribution in [0.1, 0.15) is 30.6 Å². The molecule has 0 spiro atoms. The maximum atomic E-state index is 13.2. The van der Waals surface area contributed by atoms with Gasteiger partial charge in [0.1, 0.15) is 5.56 Å². The fourth-order valence-corrected chi connectivity index (χ4v) is 5.72. The predicted octanol–water partition coefficient (Wildman–Crippen LogP) is 1.54. The number of aromatic nitrogens is 1. The lowest BCUT2D eigenvalue weighted by Crippen LogP contribution is -2.42. The summed E-state index contributed by atoms with van der Waals surface area (Å²) in [7, 11) is -0.872. The van der Waals surface area contributed by atoms with Gasteiger partial charge in [0.05, 0.1) is 11.4 Å². The number of nitrogens with zero attached hydrogens (tertiary/aromatic N) is 1. The number of aromatic amines is 1. The fraction of sp³-hybridized carbons (Fsp3) is 0.524. The van der Waals surface area contributed by atoms with E-state index < -0.39 is 27.6 Å². The van der Waals surface area contributed by atoms with Gasteiger partial charge in [-0.05, 0) is 36.5 Å². The van der Waals surface area contributed by atoms with Crippen molar-refractivity contribution in [1.29, 1.82) is 0 Å². The molecule has 0 saturated carbocycles. The van der Waals surface area contributed by atoms with Crippen molar-refractivity contribution in [2.75, 3.05) is 33.9 Å². The van der Waals surface area contributed by atoms with E-state index in [4.69, 9.17) is 9.47 Å². The quantitative estimate of drug-likeness (QED) is 0.617. The maximum absolute atomic E-state index is 13.2. The maximum Gasteiger partial charge on any atom is 0.256 e. The molecule has 10 heteroatoms. The van der Waals surface area contributed by atoms with Crippen molar-refractivity contribution in [3.8, 4) is 0 Å². The summed E-state index contributed by atoms with van der Waals surface area (Å²) >= 11 is 0. The molecule has 1 amide bonds. The van der Waals surface area contributed by atoms with Crippen LogP contribution < -0.4 is 10.7 Å². The van der Waals surface area contributed by atoms with Crippen LogP contribution in [0.5, 0.6) is 0 Å². The third kappa shape index (κ3) is 4.98. The SMILES string of the molecule is COC(CNC(=O)c1c[nH]c2ccc(S(=O)(=O)N3C[C@H](C)C[C@H](C)C3)cc2c1=O)OC. The van der Waals surface area contributed by atoms with Crippen molar-refractivity contribution in [3.63, 3.8) is 0 Å². The zero-order valence-electron chi connectivity index (χ0n) is 18.2. The lowest BCUT2D eigenvalue weighted by Gasteiger charge is -2.34. The van der Waals surface area contributed by atoms with Crippen LogP contribution in [0.4, 0.5) is 0 Å². The second-order valence-electron chi connectivity index (χ2n) is 8.12. The van der Waals surface area contributed by atoms with Crippen molar-refractivity contribution in [1.82, 2.24) is 14.6 Å². The van der Waals surface area contributed by atoms with Gasteiger partial charge in [0.25, 0.3) is 5.91 Å². The first-order valence-corrected chi connectivity index (χ1v) is 11.6. The number of hydrogen-bond acceptors (Lipinski definition) is 6. The Morgan fingerprint density at radius 1 is 1.23 bits per heavy atom. The number of nitrogens with one attached hydrogen (secondary N) is 2. The molecule has 1 fully saturated rings. The normalized spacial score (nSPS) is 20.3. The van der Waals surface area contributed by atoms with E-state index in [2.05, 4.69) is 10.3 Å². The van der Waals surface area contributed by atoms with Crippen LogP contribution in [0.25, 0.3) is 10.9 Å². The van der Waals surface area contributed by atoms with Crippen molar-refractivity contribution in [3.05, 3.63) is 40.2 Å². The third-order valence-electron chi connectivity index (χ3n) is 5.53. The van der Waals surface area contributed by atoms with Crippen LogP contribution in [0.3, 0.4) is 0 Å². The molecule has 9 nitrogen and oxygen atoms in total. The van der Waals surface area contributed by atoms with Gasteiger partial charge in [-0.3, -0.25) is 9.59 Å². The molecule has 0 unspecified atom stereocenters. The minimum absolute atomic E-state index is 0.0446. The topological polar surface area (TPSA) is 118 Å². The largest absolute Gasteiger partial charge is 0.360 e. The first kappa shape index (κ1) is 23.4. The molecular formula is C21H29N3O6S. The van der Waals surface area contributed by atoms with Crippen LogP contribution in [0, 0.1) is 11.8 Å². The van der Waals surface area contributed by atoms with Gasteiger partial charge in [0.15, 0.2) is 6.29 Å². The predicted molar refractivity (Wildman–Crippen MR) is 116 cm³/mol. The highest BCUT2D eigenvalue weighted by molar-refractivity contribution is 7.89. The van der Waals surface area contributed by atoms with Crippen molar-refractivity contribution < 1.29 is 22.7 Å². The molecule has 31 heavy (non-hydrogen) atoms. The number of carbonyl (C=O) groups excluding carboxylic acids is 1. The lowest BCUT2D eigenvalue weighted by atomic mass is 9.94. The van der Waals surface area contributed by atoms with E-state index in [0.717, 1.165) is 6.42 Å². The van der Waals surface area contributed by atoms with Gasteiger partial charge < -0.3 is 19.8 Å². The van der Waals surface area contributed by atoms with Crippen molar-refractivity contribution >= 4 is 26.8 Å².